The van der Waals surface area contributed by atoms with Gasteiger partial charge in [-0.1, -0.05) is 27.7 Å². The molecule has 1 atom stereocenters. The third-order valence-corrected chi connectivity index (χ3v) is 4.37. The van der Waals surface area contributed by atoms with E-state index in [1.54, 1.807) is 0 Å². The van der Waals surface area contributed by atoms with Gasteiger partial charge in [0.2, 0.25) is 0 Å². The molecule has 96 valence electrons. The molecule has 1 aliphatic heterocycles. The molecular formula is C14H30N2. The van der Waals surface area contributed by atoms with Gasteiger partial charge in [-0.25, -0.2) is 0 Å². The lowest BCUT2D eigenvalue weighted by Crippen LogP contribution is -2.47. The van der Waals surface area contributed by atoms with Gasteiger partial charge in [0.25, 0.3) is 0 Å². The summed E-state index contributed by atoms with van der Waals surface area (Å²) in [5, 5.41) is 7.25. The Balaban J connectivity index is 2.33. The summed E-state index contributed by atoms with van der Waals surface area (Å²) in [7, 11) is 0. The highest BCUT2D eigenvalue weighted by Gasteiger charge is 2.30. The first-order valence-corrected chi connectivity index (χ1v) is 6.95. The van der Waals surface area contributed by atoms with E-state index in [0.29, 0.717) is 10.8 Å². The summed E-state index contributed by atoms with van der Waals surface area (Å²) in [6.07, 6.45) is 5.26. The van der Waals surface area contributed by atoms with Gasteiger partial charge >= 0.3 is 0 Å². The molecule has 0 saturated carbocycles. The lowest BCUT2D eigenvalue weighted by Gasteiger charge is -2.38. The summed E-state index contributed by atoms with van der Waals surface area (Å²) < 4.78 is 0. The smallest absolute Gasteiger partial charge is 0.00201 e. The molecule has 0 aromatic rings. The Morgan fingerprint density at radius 1 is 1.31 bits per heavy atom. The Bertz CT molecular complexity index is 193. The molecule has 0 aliphatic carbocycles. The molecule has 0 aromatic heterocycles. The second-order valence-electron chi connectivity index (χ2n) is 6.26. The lowest BCUT2D eigenvalue weighted by molar-refractivity contribution is 0.182. The fraction of sp³-hybridized carbons (Fsp3) is 1.00. The van der Waals surface area contributed by atoms with Crippen LogP contribution in [0, 0.1) is 10.8 Å². The first-order valence-electron chi connectivity index (χ1n) is 6.95. The van der Waals surface area contributed by atoms with Gasteiger partial charge in [-0.05, 0) is 43.1 Å². The van der Waals surface area contributed by atoms with Crippen LogP contribution in [-0.2, 0) is 0 Å². The van der Waals surface area contributed by atoms with Crippen molar-refractivity contribution in [1.29, 1.82) is 0 Å². The Kier molecular flexibility index (Phi) is 5.26. The molecule has 16 heavy (non-hydrogen) atoms. The van der Waals surface area contributed by atoms with Crippen molar-refractivity contribution < 1.29 is 0 Å². The molecule has 1 saturated heterocycles. The molecule has 1 fully saturated rings. The van der Waals surface area contributed by atoms with E-state index in [9.17, 15) is 0 Å². The summed E-state index contributed by atoms with van der Waals surface area (Å²) in [5.41, 5.74) is 0.957. The molecular weight excluding hydrogens is 196 g/mol. The van der Waals surface area contributed by atoms with Gasteiger partial charge in [0.05, 0.1) is 0 Å². The van der Waals surface area contributed by atoms with Gasteiger partial charge in [-0.2, -0.15) is 0 Å². The molecule has 0 bridgehead atoms. The average Bonchev–Trinajstić information content (AvgIpc) is 2.30. The quantitative estimate of drug-likeness (QED) is 0.728. The monoisotopic (exact) mass is 226 g/mol. The first kappa shape index (κ1) is 14.0. The Morgan fingerprint density at radius 3 is 2.56 bits per heavy atom. The van der Waals surface area contributed by atoms with Gasteiger partial charge in [-0.15, -0.1) is 0 Å². The van der Waals surface area contributed by atoms with E-state index >= 15 is 0 Å². The molecule has 1 unspecified atom stereocenters. The molecule has 0 amide bonds. The van der Waals surface area contributed by atoms with Crippen LogP contribution < -0.4 is 10.6 Å². The predicted molar refractivity (Wildman–Crippen MR) is 71.8 cm³/mol. The molecule has 0 aromatic carbocycles. The predicted octanol–water partition coefficient (Wildman–Crippen LogP) is 2.79. The minimum atomic E-state index is 0.441. The minimum Gasteiger partial charge on any atom is -0.316 e. The van der Waals surface area contributed by atoms with Crippen molar-refractivity contribution in [2.24, 2.45) is 10.8 Å². The molecule has 1 heterocycles. The zero-order valence-electron chi connectivity index (χ0n) is 11.7. The molecule has 1 rings (SSSR count). The maximum atomic E-state index is 3.70. The van der Waals surface area contributed by atoms with Gasteiger partial charge in [0, 0.05) is 19.6 Å². The molecule has 2 N–H and O–H groups in total. The molecule has 0 spiro atoms. The maximum absolute atomic E-state index is 3.70. The summed E-state index contributed by atoms with van der Waals surface area (Å²) >= 11 is 0. The largest absolute Gasteiger partial charge is 0.316 e. The fourth-order valence-electron chi connectivity index (χ4n) is 2.40. The van der Waals surface area contributed by atoms with Crippen LogP contribution in [0.15, 0.2) is 0 Å². The zero-order valence-corrected chi connectivity index (χ0v) is 11.7. The highest BCUT2D eigenvalue weighted by Crippen LogP contribution is 2.29. The second-order valence-corrected chi connectivity index (χ2v) is 6.26. The standard InChI is InChI=1S/C14H30N2/c1-5-13(3,4)10-16-12-14(6-2)8-7-9-15-11-14/h15-16H,5-12H2,1-4H3. The summed E-state index contributed by atoms with van der Waals surface area (Å²) in [6.45, 7) is 14.0. The van der Waals surface area contributed by atoms with Crippen LogP contribution >= 0.6 is 0 Å². The normalized spacial score (nSPS) is 27.0. The van der Waals surface area contributed by atoms with Crippen LogP contribution in [0.1, 0.15) is 53.4 Å². The van der Waals surface area contributed by atoms with Gasteiger partial charge in [0.1, 0.15) is 0 Å². The van der Waals surface area contributed by atoms with Crippen LogP contribution in [0.2, 0.25) is 0 Å². The van der Waals surface area contributed by atoms with E-state index in [-0.39, 0.29) is 0 Å². The Labute approximate surface area is 102 Å². The third-order valence-electron chi connectivity index (χ3n) is 4.37. The van der Waals surface area contributed by atoms with E-state index in [1.165, 1.54) is 45.3 Å². The van der Waals surface area contributed by atoms with Gasteiger partial charge in [-0.3, -0.25) is 0 Å². The third kappa shape index (κ3) is 4.06. The fourth-order valence-corrected chi connectivity index (χ4v) is 2.40. The Morgan fingerprint density at radius 2 is 2.06 bits per heavy atom. The van der Waals surface area contributed by atoms with Crippen molar-refractivity contribution in [1.82, 2.24) is 10.6 Å². The number of piperidine rings is 1. The van der Waals surface area contributed by atoms with Crippen molar-refractivity contribution >= 4 is 0 Å². The molecule has 2 heteroatoms. The van der Waals surface area contributed by atoms with Gasteiger partial charge in [0.15, 0.2) is 0 Å². The number of hydrogen-bond acceptors (Lipinski definition) is 2. The van der Waals surface area contributed by atoms with E-state index in [2.05, 4.69) is 38.3 Å². The van der Waals surface area contributed by atoms with Crippen LogP contribution in [0.3, 0.4) is 0 Å². The van der Waals surface area contributed by atoms with E-state index < -0.39 is 0 Å². The van der Waals surface area contributed by atoms with Gasteiger partial charge < -0.3 is 10.6 Å². The molecule has 0 radical (unpaired) electrons. The van der Waals surface area contributed by atoms with Crippen LogP contribution in [0.5, 0.6) is 0 Å². The number of nitrogens with one attached hydrogen (secondary N) is 2. The highest BCUT2D eigenvalue weighted by molar-refractivity contribution is 4.87. The number of rotatable bonds is 6. The zero-order chi connectivity index (χ0) is 12.1. The summed E-state index contributed by atoms with van der Waals surface area (Å²) in [6, 6.07) is 0. The van der Waals surface area contributed by atoms with Crippen LogP contribution in [0.4, 0.5) is 0 Å². The van der Waals surface area contributed by atoms with E-state index in [4.69, 9.17) is 0 Å². The van der Waals surface area contributed by atoms with Crippen molar-refractivity contribution in [2.75, 3.05) is 26.2 Å². The lowest BCUT2D eigenvalue weighted by atomic mass is 9.78. The van der Waals surface area contributed by atoms with Crippen molar-refractivity contribution in [3.63, 3.8) is 0 Å². The van der Waals surface area contributed by atoms with Crippen molar-refractivity contribution in [2.45, 2.75) is 53.4 Å². The summed E-state index contributed by atoms with van der Waals surface area (Å²) in [4.78, 5) is 0. The second kappa shape index (κ2) is 6.02. The number of hydrogen-bond donors (Lipinski definition) is 2. The average molecular weight is 226 g/mol. The topological polar surface area (TPSA) is 24.1 Å². The van der Waals surface area contributed by atoms with Crippen molar-refractivity contribution in [3.05, 3.63) is 0 Å². The minimum absolute atomic E-state index is 0.441. The van der Waals surface area contributed by atoms with E-state index in [0.717, 1.165) is 6.54 Å². The highest BCUT2D eigenvalue weighted by atomic mass is 14.9. The van der Waals surface area contributed by atoms with E-state index in [1.807, 2.05) is 0 Å². The molecule has 1 aliphatic rings. The SMILES string of the molecule is CCC(C)(C)CNCC1(CC)CCCNC1. The maximum Gasteiger partial charge on any atom is 0.00201 e. The first-order chi connectivity index (χ1) is 7.54. The van der Waals surface area contributed by atoms with Crippen LogP contribution in [-0.4, -0.2) is 26.2 Å². The summed E-state index contributed by atoms with van der Waals surface area (Å²) in [5.74, 6) is 0. The molecule has 2 nitrogen and oxygen atoms in total. The van der Waals surface area contributed by atoms with Crippen LogP contribution in [0.25, 0.3) is 0 Å². The van der Waals surface area contributed by atoms with Crippen molar-refractivity contribution in [3.8, 4) is 0 Å². The Hall–Kier alpha value is -0.0800.